The Bertz CT molecular complexity index is 88.6. The van der Waals surface area contributed by atoms with Crippen LogP contribution in [-0.4, -0.2) is 37.5 Å². The molecule has 0 aliphatic carbocycles. The molecule has 2 N–H and O–H groups in total. The van der Waals surface area contributed by atoms with Gasteiger partial charge < -0.3 is 15.2 Å². The molecule has 0 amide bonds. The second-order valence-corrected chi connectivity index (χ2v) is 2.95. The van der Waals surface area contributed by atoms with Gasteiger partial charge in [-0.1, -0.05) is 0 Å². The van der Waals surface area contributed by atoms with E-state index >= 15 is 0 Å². The van der Waals surface area contributed by atoms with Gasteiger partial charge in [-0.25, -0.2) is 0 Å². The highest BCUT2D eigenvalue weighted by Gasteiger charge is 1.98. The summed E-state index contributed by atoms with van der Waals surface area (Å²) >= 11 is 0. The van der Waals surface area contributed by atoms with E-state index in [1.54, 1.807) is 0 Å². The molecule has 0 saturated carbocycles. The zero-order valence-corrected chi connectivity index (χ0v) is 8.18. The second kappa shape index (κ2) is 8.97. The standard InChI is InChI=1S/C9H21NO2/c1-3-12-8-9(2)10-6-4-5-7-11/h9-11H,3-8H2,1-2H3. The van der Waals surface area contributed by atoms with E-state index in [0.717, 1.165) is 32.6 Å². The SMILES string of the molecule is CCOCC(C)NCCCCO. The van der Waals surface area contributed by atoms with Crippen LogP contribution >= 0.6 is 0 Å². The smallest absolute Gasteiger partial charge is 0.0616 e. The van der Waals surface area contributed by atoms with Crippen molar-refractivity contribution >= 4 is 0 Å². The van der Waals surface area contributed by atoms with Crippen molar-refractivity contribution < 1.29 is 9.84 Å². The molecule has 0 aromatic carbocycles. The van der Waals surface area contributed by atoms with Crippen molar-refractivity contribution in [1.29, 1.82) is 0 Å². The van der Waals surface area contributed by atoms with Crippen LogP contribution in [0.1, 0.15) is 26.7 Å². The van der Waals surface area contributed by atoms with Gasteiger partial charge in [0, 0.05) is 19.3 Å². The normalized spacial score (nSPS) is 13.2. The minimum absolute atomic E-state index is 0.293. The third-order valence-electron chi connectivity index (χ3n) is 1.65. The largest absolute Gasteiger partial charge is 0.396 e. The Morgan fingerprint density at radius 3 is 2.75 bits per heavy atom. The molecule has 3 nitrogen and oxygen atoms in total. The van der Waals surface area contributed by atoms with Gasteiger partial charge in [0.1, 0.15) is 0 Å². The van der Waals surface area contributed by atoms with Crippen LogP contribution in [0.4, 0.5) is 0 Å². The Morgan fingerprint density at radius 1 is 1.42 bits per heavy atom. The highest BCUT2D eigenvalue weighted by Crippen LogP contribution is 1.88. The van der Waals surface area contributed by atoms with E-state index in [1.165, 1.54) is 0 Å². The van der Waals surface area contributed by atoms with E-state index in [9.17, 15) is 0 Å². The first kappa shape index (κ1) is 11.9. The lowest BCUT2D eigenvalue weighted by molar-refractivity contribution is 0.127. The molecule has 74 valence electrons. The lowest BCUT2D eigenvalue weighted by atomic mass is 10.3. The van der Waals surface area contributed by atoms with E-state index < -0.39 is 0 Å². The lowest BCUT2D eigenvalue weighted by Gasteiger charge is -2.12. The van der Waals surface area contributed by atoms with E-state index in [1.807, 2.05) is 6.92 Å². The van der Waals surface area contributed by atoms with E-state index in [2.05, 4.69) is 12.2 Å². The van der Waals surface area contributed by atoms with Gasteiger partial charge in [-0.05, 0) is 33.2 Å². The third kappa shape index (κ3) is 7.98. The minimum Gasteiger partial charge on any atom is -0.396 e. The summed E-state index contributed by atoms with van der Waals surface area (Å²) in [6.07, 6.45) is 1.92. The molecule has 1 unspecified atom stereocenters. The zero-order valence-electron chi connectivity index (χ0n) is 8.18. The van der Waals surface area contributed by atoms with Gasteiger partial charge in [-0.3, -0.25) is 0 Å². The van der Waals surface area contributed by atoms with E-state index in [0.29, 0.717) is 12.6 Å². The quantitative estimate of drug-likeness (QED) is 0.535. The summed E-state index contributed by atoms with van der Waals surface area (Å²) in [4.78, 5) is 0. The summed E-state index contributed by atoms with van der Waals surface area (Å²) in [5.41, 5.74) is 0. The molecule has 3 heteroatoms. The monoisotopic (exact) mass is 175 g/mol. The molecule has 0 aliphatic heterocycles. The number of ether oxygens (including phenoxy) is 1. The Balaban J connectivity index is 3.02. The highest BCUT2D eigenvalue weighted by molar-refractivity contribution is 4.58. The Kier molecular flexibility index (Phi) is 8.88. The third-order valence-corrected chi connectivity index (χ3v) is 1.65. The number of hydrogen-bond acceptors (Lipinski definition) is 3. The second-order valence-electron chi connectivity index (χ2n) is 2.95. The number of nitrogens with one attached hydrogen (secondary N) is 1. The van der Waals surface area contributed by atoms with Gasteiger partial charge in [0.2, 0.25) is 0 Å². The number of aliphatic hydroxyl groups is 1. The summed E-state index contributed by atoms with van der Waals surface area (Å²) in [6, 6.07) is 0.420. The molecule has 0 radical (unpaired) electrons. The first-order chi connectivity index (χ1) is 5.81. The van der Waals surface area contributed by atoms with Crippen LogP contribution in [0.5, 0.6) is 0 Å². The Labute approximate surface area is 75.1 Å². The van der Waals surface area contributed by atoms with Crippen LogP contribution in [0.3, 0.4) is 0 Å². The predicted molar refractivity (Wildman–Crippen MR) is 50.3 cm³/mol. The van der Waals surface area contributed by atoms with Crippen LogP contribution in [0.2, 0.25) is 0 Å². The molecule has 0 spiro atoms. The van der Waals surface area contributed by atoms with E-state index in [-0.39, 0.29) is 0 Å². The molecule has 0 saturated heterocycles. The van der Waals surface area contributed by atoms with Crippen LogP contribution in [0, 0.1) is 0 Å². The number of unbranched alkanes of at least 4 members (excludes halogenated alkanes) is 1. The first-order valence-electron chi connectivity index (χ1n) is 4.73. The fourth-order valence-corrected chi connectivity index (χ4v) is 0.939. The lowest BCUT2D eigenvalue weighted by Crippen LogP contribution is -2.31. The van der Waals surface area contributed by atoms with Gasteiger partial charge in [0.15, 0.2) is 0 Å². The molecule has 0 aromatic rings. The van der Waals surface area contributed by atoms with E-state index in [4.69, 9.17) is 9.84 Å². The molecule has 0 fully saturated rings. The van der Waals surface area contributed by atoms with Gasteiger partial charge in [0.05, 0.1) is 6.61 Å². The summed E-state index contributed by atoms with van der Waals surface area (Å²) < 4.78 is 5.24. The van der Waals surface area contributed by atoms with Gasteiger partial charge >= 0.3 is 0 Å². The zero-order chi connectivity index (χ0) is 9.23. The van der Waals surface area contributed by atoms with Gasteiger partial charge in [0.25, 0.3) is 0 Å². The number of hydrogen-bond donors (Lipinski definition) is 2. The van der Waals surface area contributed by atoms with Crippen molar-refractivity contribution in [2.24, 2.45) is 0 Å². The average Bonchev–Trinajstić information content (AvgIpc) is 2.09. The van der Waals surface area contributed by atoms with Crippen molar-refractivity contribution in [2.45, 2.75) is 32.7 Å². The average molecular weight is 175 g/mol. The fourth-order valence-electron chi connectivity index (χ4n) is 0.939. The molecule has 1 atom stereocenters. The summed E-state index contributed by atoms with van der Waals surface area (Å²) in [5.74, 6) is 0. The van der Waals surface area contributed by atoms with Crippen molar-refractivity contribution in [3.05, 3.63) is 0 Å². The molecule has 12 heavy (non-hydrogen) atoms. The van der Waals surface area contributed by atoms with Crippen LogP contribution in [-0.2, 0) is 4.74 Å². The fraction of sp³-hybridized carbons (Fsp3) is 1.00. The molecule has 0 aromatic heterocycles. The van der Waals surface area contributed by atoms with Crippen LogP contribution in [0.25, 0.3) is 0 Å². The minimum atomic E-state index is 0.293. The molecule has 0 heterocycles. The van der Waals surface area contributed by atoms with Crippen molar-refractivity contribution in [2.75, 3.05) is 26.4 Å². The number of rotatable bonds is 8. The topological polar surface area (TPSA) is 41.5 Å². The van der Waals surface area contributed by atoms with Crippen molar-refractivity contribution in [3.63, 3.8) is 0 Å². The molecule has 0 aliphatic rings. The van der Waals surface area contributed by atoms with Crippen LogP contribution in [0.15, 0.2) is 0 Å². The highest BCUT2D eigenvalue weighted by atomic mass is 16.5. The first-order valence-corrected chi connectivity index (χ1v) is 4.73. The van der Waals surface area contributed by atoms with Gasteiger partial charge in [-0.15, -0.1) is 0 Å². The molecular formula is C9H21NO2. The van der Waals surface area contributed by atoms with Crippen molar-refractivity contribution in [1.82, 2.24) is 5.32 Å². The number of aliphatic hydroxyl groups excluding tert-OH is 1. The maximum absolute atomic E-state index is 8.52. The summed E-state index contributed by atoms with van der Waals surface area (Å²) in [7, 11) is 0. The van der Waals surface area contributed by atoms with Crippen LogP contribution < -0.4 is 5.32 Å². The predicted octanol–water partition coefficient (Wildman–Crippen LogP) is 0.773. The summed E-state index contributed by atoms with van der Waals surface area (Å²) in [6.45, 7) is 6.92. The molecule has 0 rings (SSSR count). The molecular weight excluding hydrogens is 154 g/mol. The van der Waals surface area contributed by atoms with Crippen molar-refractivity contribution in [3.8, 4) is 0 Å². The summed E-state index contributed by atoms with van der Waals surface area (Å²) in [5, 5.41) is 11.8. The maximum Gasteiger partial charge on any atom is 0.0616 e. The maximum atomic E-state index is 8.52. The molecule has 0 bridgehead atoms. The van der Waals surface area contributed by atoms with Gasteiger partial charge in [-0.2, -0.15) is 0 Å². The Hall–Kier alpha value is -0.120. The Morgan fingerprint density at radius 2 is 2.17 bits per heavy atom.